The lowest BCUT2D eigenvalue weighted by molar-refractivity contribution is 0.0695. The number of carbonyl (C=O) groups is 1. The molecule has 0 amide bonds. The van der Waals surface area contributed by atoms with Crippen molar-refractivity contribution in [3.05, 3.63) is 27.5 Å². The van der Waals surface area contributed by atoms with E-state index in [1.54, 1.807) is 0 Å². The van der Waals surface area contributed by atoms with Gasteiger partial charge in [0.15, 0.2) is 0 Å². The Labute approximate surface area is 93.1 Å². The highest BCUT2D eigenvalue weighted by molar-refractivity contribution is 6.34. The summed E-state index contributed by atoms with van der Waals surface area (Å²) in [5.74, 6) is -0.973. The first-order chi connectivity index (χ1) is 7.15. The highest BCUT2D eigenvalue weighted by Gasteiger charge is 2.24. The summed E-state index contributed by atoms with van der Waals surface area (Å²) < 4.78 is 0. The smallest absolute Gasteiger partial charge is 0.339 e. The van der Waals surface area contributed by atoms with Gasteiger partial charge in [-0.2, -0.15) is 0 Å². The van der Waals surface area contributed by atoms with Crippen LogP contribution in [-0.2, 0) is 19.3 Å². The van der Waals surface area contributed by atoms with Gasteiger partial charge in [-0.25, -0.2) is 4.79 Å². The van der Waals surface area contributed by atoms with Crippen molar-refractivity contribution in [1.82, 2.24) is 4.98 Å². The topological polar surface area (TPSA) is 50.2 Å². The quantitative estimate of drug-likeness (QED) is 0.841. The molecule has 4 heteroatoms. The summed E-state index contributed by atoms with van der Waals surface area (Å²) in [6, 6.07) is 0. The van der Waals surface area contributed by atoms with Gasteiger partial charge >= 0.3 is 5.97 Å². The fourth-order valence-corrected chi connectivity index (χ4v) is 2.45. The molecule has 80 valence electrons. The summed E-state index contributed by atoms with van der Waals surface area (Å²) >= 11 is 6.11. The van der Waals surface area contributed by atoms with Gasteiger partial charge in [0.05, 0.1) is 16.3 Å². The number of aromatic nitrogens is 1. The number of carboxylic acid groups (broad SMARTS) is 1. The van der Waals surface area contributed by atoms with E-state index < -0.39 is 5.97 Å². The number of aryl methyl sites for hydroxylation is 2. The van der Waals surface area contributed by atoms with Gasteiger partial charge in [0, 0.05) is 5.69 Å². The average molecular weight is 226 g/mol. The van der Waals surface area contributed by atoms with Gasteiger partial charge in [-0.15, -0.1) is 0 Å². The van der Waals surface area contributed by atoms with Crippen molar-refractivity contribution in [2.75, 3.05) is 0 Å². The molecule has 1 aliphatic carbocycles. The third-order valence-electron chi connectivity index (χ3n) is 2.78. The number of fused-ring (bicyclic) bond motifs is 1. The average Bonchev–Trinajstić information content (AvgIpc) is 2.64. The third kappa shape index (κ3) is 1.61. The van der Waals surface area contributed by atoms with Crippen LogP contribution >= 0.6 is 11.6 Å². The van der Waals surface area contributed by atoms with Crippen molar-refractivity contribution in [2.45, 2.75) is 32.6 Å². The number of halogens is 1. The Balaban J connectivity index is 2.67. The van der Waals surface area contributed by atoms with Crippen LogP contribution in [0.1, 0.15) is 40.7 Å². The maximum atomic E-state index is 11.1. The standard InChI is InChI=1S/C11H12ClNO2/c1-2-7-9(11(14)15)10(12)6-4-3-5-8(6)13-7/h2-5H2,1H3,(H,14,15). The molecule has 0 bridgehead atoms. The van der Waals surface area contributed by atoms with Gasteiger partial charge in [-0.3, -0.25) is 4.98 Å². The zero-order valence-corrected chi connectivity index (χ0v) is 9.26. The number of carboxylic acids is 1. The summed E-state index contributed by atoms with van der Waals surface area (Å²) in [5, 5.41) is 9.49. The highest BCUT2D eigenvalue weighted by Crippen LogP contribution is 2.32. The van der Waals surface area contributed by atoms with Crippen LogP contribution in [-0.4, -0.2) is 16.1 Å². The van der Waals surface area contributed by atoms with Crippen molar-refractivity contribution < 1.29 is 9.90 Å². The van der Waals surface area contributed by atoms with Crippen LogP contribution in [0.4, 0.5) is 0 Å². The van der Waals surface area contributed by atoms with Crippen molar-refractivity contribution in [2.24, 2.45) is 0 Å². The van der Waals surface area contributed by atoms with Crippen molar-refractivity contribution in [3.63, 3.8) is 0 Å². The van der Waals surface area contributed by atoms with E-state index in [0.717, 1.165) is 30.5 Å². The first kappa shape index (κ1) is 10.4. The molecule has 15 heavy (non-hydrogen) atoms. The number of aromatic carboxylic acids is 1. The molecule has 1 heterocycles. The van der Waals surface area contributed by atoms with E-state index in [-0.39, 0.29) is 5.56 Å². The normalized spacial score (nSPS) is 14.0. The van der Waals surface area contributed by atoms with E-state index in [4.69, 9.17) is 16.7 Å². The van der Waals surface area contributed by atoms with E-state index in [1.807, 2.05) is 6.92 Å². The minimum atomic E-state index is -0.973. The molecule has 0 radical (unpaired) electrons. The molecule has 0 aromatic carbocycles. The molecule has 1 aromatic rings. The summed E-state index contributed by atoms with van der Waals surface area (Å²) in [5.41, 5.74) is 2.72. The Hall–Kier alpha value is -1.09. The van der Waals surface area contributed by atoms with E-state index in [9.17, 15) is 4.79 Å². The number of pyridine rings is 1. The van der Waals surface area contributed by atoms with Gasteiger partial charge in [0.1, 0.15) is 0 Å². The molecular formula is C11H12ClNO2. The Morgan fingerprint density at radius 1 is 1.53 bits per heavy atom. The maximum Gasteiger partial charge on any atom is 0.339 e. The SMILES string of the molecule is CCc1nc2c(c(Cl)c1C(=O)O)CCC2. The van der Waals surface area contributed by atoms with Gasteiger partial charge < -0.3 is 5.11 Å². The van der Waals surface area contributed by atoms with Crippen molar-refractivity contribution in [1.29, 1.82) is 0 Å². The maximum absolute atomic E-state index is 11.1. The first-order valence-corrected chi connectivity index (χ1v) is 5.46. The molecule has 1 N–H and O–H groups in total. The fourth-order valence-electron chi connectivity index (χ4n) is 2.06. The van der Waals surface area contributed by atoms with Crippen LogP contribution < -0.4 is 0 Å². The van der Waals surface area contributed by atoms with Crippen LogP contribution in [0.2, 0.25) is 5.02 Å². The molecule has 0 spiro atoms. The summed E-state index contributed by atoms with van der Waals surface area (Å²) in [7, 11) is 0. The third-order valence-corrected chi connectivity index (χ3v) is 3.20. The molecule has 0 saturated heterocycles. The number of rotatable bonds is 2. The molecule has 0 aliphatic heterocycles. The molecule has 2 rings (SSSR count). The second kappa shape index (κ2) is 3.81. The molecule has 3 nitrogen and oxygen atoms in total. The summed E-state index contributed by atoms with van der Waals surface area (Å²) in [6.45, 7) is 1.90. The first-order valence-electron chi connectivity index (χ1n) is 5.08. The molecule has 0 unspecified atom stereocenters. The van der Waals surface area contributed by atoms with Gasteiger partial charge in [-0.1, -0.05) is 18.5 Å². The van der Waals surface area contributed by atoms with Crippen molar-refractivity contribution in [3.8, 4) is 0 Å². The molecule has 1 aromatic heterocycles. The number of nitrogens with zero attached hydrogens (tertiary/aromatic N) is 1. The zero-order valence-electron chi connectivity index (χ0n) is 8.51. The molecular weight excluding hydrogens is 214 g/mol. The van der Waals surface area contributed by atoms with Gasteiger partial charge in [0.25, 0.3) is 0 Å². The Morgan fingerprint density at radius 2 is 2.27 bits per heavy atom. The van der Waals surface area contributed by atoms with Crippen molar-refractivity contribution >= 4 is 17.6 Å². The van der Waals surface area contributed by atoms with E-state index in [1.165, 1.54) is 0 Å². The molecule has 0 saturated carbocycles. The molecule has 0 fully saturated rings. The monoisotopic (exact) mass is 225 g/mol. The summed E-state index contributed by atoms with van der Waals surface area (Å²) in [6.07, 6.45) is 3.40. The lowest BCUT2D eigenvalue weighted by atomic mass is 10.1. The second-order valence-corrected chi connectivity index (χ2v) is 4.06. The summed E-state index contributed by atoms with van der Waals surface area (Å²) in [4.78, 5) is 15.5. The Morgan fingerprint density at radius 3 is 2.87 bits per heavy atom. The minimum absolute atomic E-state index is 0.194. The predicted octanol–water partition coefficient (Wildman–Crippen LogP) is 2.48. The van der Waals surface area contributed by atoms with Crippen LogP contribution in [0.3, 0.4) is 0 Å². The Bertz CT molecular complexity index is 429. The van der Waals surface area contributed by atoms with E-state index in [2.05, 4.69) is 4.98 Å². The van der Waals surface area contributed by atoms with Crippen LogP contribution in [0.15, 0.2) is 0 Å². The molecule has 1 aliphatic rings. The van der Waals surface area contributed by atoms with Crippen LogP contribution in [0.25, 0.3) is 0 Å². The van der Waals surface area contributed by atoms with Gasteiger partial charge in [-0.05, 0) is 31.2 Å². The zero-order chi connectivity index (χ0) is 11.0. The number of hydrogen-bond donors (Lipinski definition) is 1. The fraction of sp³-hybridized carbons (Fsp3) is 0.455. The highest BCUT2D eigenvalue weighted by atomic mass is 35.5. The predicted molar refractivity (Wildman–Crippen MR) is 57.6 cm³/mol. The second-order valence-electron chi connectivity index (χ2n) is 3.68. The van der Waals surface area contributed by atoms with Crippen LogP contribution in [0.5, 0.6) is 0 Å². The minimum Gasteiger partial charge on any atom is -0.478 e. The lowest BCUT2D eigenvalue weighted by Gasteiger charge is -2.09. The van der Waals surface area contributed by atoms with Crippen LogP contribution in [0, 0.1) is 0 Å². The number of hydrogen-bond acceptors (Lipinski definition) is 2. The van der Waals surface area contributed by atoms with Gasteiger partial charge in [0.2, 0.25) is 0 Å². The molecule has 0 atom stereocenters. The van der Waals surface area contributed by atoms with E-state index in [0.29, 0.717) is 17.1 Å². The lowest BCUT2D eigenvalue weighted by Crippen LogP contribution is -2.08. The Kier molecular flexibility index (Phi) is 2.65. The van der Waals surface area contributed by atoms with E-state index >= 15 is 0 Å². The largest absolute Gasteiger partial charge is 0.478 e.